The largest absolute Gasteiger partial charge is 0.374 e. The third kappa shape index (κ3) is 3.85. The number of nitrogens with one attached hydrogen (secondary N) is 1. The van der Waals surface area contributed by atoms with E-state index in [0.29, 0.717) is 11.5 Å². The van der Waals surface area contributed by atoms with E-state index in [0.717, 1.165) is 32.3 Å². The number of thioether (sulfide) groups is 1. The van der Waals surface area contributed by atoms with Gasteiger partial charge in [0.25, 0.3) is 0 Å². The maximum atomic E-state index is 5.78. The summed E-state index contributed by atoms with van der Waals surface area (Å²) in [5.74, 6) is 2.61. The molecule has 0 saturated carbocycles. The molecule has 2 aliphatic heterocycles. The zero-order valence-electron chi connectivity index (χ0n) is 11.4. The Hall–Kier alpha value is 0.230. The van der Waals surface area contributed by atoms with Crippen molar-refractivity contribution in [1.29, 1.82) is 0 Å². The lowest BCUT2D eigenvalue weighted by Crippen LogP contribution is -2.53. The van der Waals surface area contributed by atoms with Crippen molar-refractivity contribution >= 4 is 11.8 Å². The number of ether oxygens (including phenoxy) is 1. The van der Waals surface area contributed by atoms with Crippen LogP contribution < -0.4 is 5.32 Å². The lowest BCUT2D eigenvalue weighted by molar-refractivity contribution is -0.0433. The summed E-state index contributed by atoms with van der Waals surface area (Å²) in [6.45, 7) is 8.88. The zero-order valence-corrected chi connectivity index (χ0v) is 12.2. The zero-order chi connectivity index (χ0) is 12.3. The lowest BCUT2D eigenvalue weighted by atomic mass is 9.87. The minimum Gasteiger partial charge on any atom is -0.374 e. The van der Waals surface area contributed by atoms with Crippen molar-refractivity contribution in [3.8, 4) is 0 Å². The van der Waals surface area contributed by atoms with E-state index in [-0.39, 0.29) is 0 Å². The monoisotopic (exact) mass is 258 g/mol. The molecule has 2 atom stereocenters. The molecule has 2 unspecified atom stereocenters. The summed E-state index contributed by atoms with van der Waals surface area (Å²) >= 11 is 2.12. The molecule has 0 bridgehead atoms. The first-order valence-corrected chi connectivity index (χ1v) is 7.84. The Morgan fingerprint density at radius 1 is 1.47 bits per heavy atom. The molecule has 17 heavy (non-hydrogen) atoms. The van der Waals surface area contributed by atoms with Crippen LogP contribution in [0.2, 0.25) is 0 Å². The number of likely N-dealkylation sites (N-methyl/N-ethyl adjacent to an activating group) is 1. The van der Waals surface area contributed by atoms with E-state index in [1.807, 2.05) is 7.05 Å². The maximum absolute atomic E-state index is 5.78. The highest BCUT2D eigenvalue weighted by atomic mass is 32.2. The molecule has 2 heterocycles. The van der Waals surface area contributed by atoms with Crippen LogP contribution in [0.1, 0.15) is 20.3 Å². The molecular formula is C13H26N2OS. The second-order valence-corrected chi connectivity index (χ2v) is 7.11. The Kier molecular flexibility index (Phi) is 4.75. The summed E-state index contributed by atoms with van der Waals surface area (Å²) in [5.41, 5.74) is 0.504. The molecule has 2 saturated heterocycles. The predicted octanol–water partition coefficient (Wildman–Crippen LogP) is 1.44. The Labute approximate surface area is 110 Å². The first-order chi connectivity index (χ1) is 8.11. The topological polar surface area (TPSA) is 24.5 Å². The molecule has 0 radical (unpaired) electrons. The van der Waals surface area contributed by atoms with Gasteiger partial charge in [0.05, 0.1) is 12.7 Å². The standard InChI is InChI=1S/C13H26N2OS/c1-13(2)6-11(9-17-10-13)15-4-5-16-12(8-15)7-14-3/h11-12,14H,4-10H2,1-3H3. The van der Waals surface area contributed by atoms with Crippen LogP contribution in [0.5, 0.6) is 0 Å². The summed E-state index contributed by atoms with van der Waals surface area (Å²) in [6.07, 6.45) is 1.72. The first kappa shape index (κ1) is 13.7. The molecule has 0 aromatic heterocycles. The van der Waals surface area contributed by atoms with Crippen LogP contribution in [0, 0.1) is 5.41 Å². The van der Waals surface area contributed by atoms with Crippen LogP contribution in [0.15, 0.2) is 0 Å². The van der Waals surface area contributed by atoms with E-state index in [2.05, 4.69) is 35.8 Å². The second-order valence-electron chi connectivity index (χ2n) is 6.08. The van der Waals surface area contributed by atoms with Gasteiger partial charge in [-0.3, -0.25) is 4.90 Å². The summed E-state index contributed by atoms with van der Waals surface area (Å²) in [4.78, 5) is 2.65. The molecule has 2 fully saturated rings. The molecule has 0 aromatic carbocycles. The number of hydrogen-bond acceptors (Lipinski definition) is 4. The van der Waals surface area contributed by atoms with Gasteiger partial charge in [-0.1, -0.05) is 13.8 Å². The highest BCUT2D eigenvalue weighted by Crippen LogP contribution is 2.35. The van der Waals surface area contributed by atoms with Gasteiger partial charge in [-0.15, -0.1) is 0 Å². The van der Waals surface area contributed by atoms with E-state index in [1.165, 1.54) is 17.9 Å². The van der Waals surface area contributed by atoms with Crippen molar-refractivity contribution in [2.24, 2.45) is 5.41 Å². The van der Waals surface area contributed by atoms with Crippen molar-refractivity contribution < 1.29 is 4.74 Å². The van der Waals surface area contributed by atoms with Crippen LogP contribution >= 0.6 is 11.8 Å². The number of nitrogens with zero attached hydrogens (tertiary/aromatic N) is 1. The second kappa shape index (κ2) is 5.91. The van der Waals surface area contributed by atoms with Gasteiger partial charge in [-0.2, -0.15) is 11.8 Å². The molecule has 0 aromatic rings. The molecule has 1 N–H and O–H groups in total. The van der Waals surface area contributed by atoms with Crippen LogP contribution in [-0.2, 0) is 4.74 Å². The average molecular weight is 258 g/mol. The van der Waals surface area contributed by atoms with Crippen molar-refractivity contribution in [2.75, 3.05) is 44.8 Å². The van der Waals surface area contributed by atoms with Gasteiger partial charge < -0.3 is 10.1 Å². The van der Waals surface area contributed by atoms with Gasteiger partial charge in [-0.05, 0) is 24.6 Å². The van der Waals surface area contributed by atoms with Crippen molar-refractivity contribution in [3.63, 3.8) is 0 Å². The van der Waals surface area contributed by atoms with Crippen molar-refractivity contribution in [3.05, 3.63) is 0 Å². The molecule has 0 amide bonds. The fraction of sp³-hybridized carbons (Fsp3) is 1.00. The van der Waals surface area contributed by atoms with Crippen LogP contribution in [0.3, 0.4) is 0 Å². The minimum atomic E-state index is 0.379. The number of rotatable bonds is 3. The smallest absolute Gasteiger partial charge is 0.0826 e. The fourth-order valence-corrected chi connectivity index (χ4v) is 4.28. The molecule has 0 spiro atoms. The minimum absolute atomic E-state index is 0.379. The highest BCUT2D eigenvalue weighted by Gasteiger charge is 2.34. The molecule has 0 aliphatic carbocycles. The van der Waals surface area contributed by atoms with Gasteiger partial charge in [0.15, 0.2) is 0 Å². The van der Waals surface area contributed by atoms with Gasteiger partial charge >= 0.3 is 0 Å². The lowest BCUT2D eigenvalue weighted by Gasteiger charge is -2.44. The maximum Gasteiger partial charge on any atom is 0.0826 e. The van der Waals surface area contributed by atoms with Gasteiger partial charge in [-0.25, -0.2) is 0 Å². The number of hydrogen-bond donors (Lipinski definition) is 1. The summed E-state index contributed by atoms with van der Waals surface area (Å²) in [6, 6.07) is 0.756. The van der Waals surface area contributed by atoms with E-state index in [1.54, 1.807) is 0 Å². The quantitative estimate of drug-likeness (QED) is 0.828. The third-order valence-electron chi connectivity index (χ3n) is 3.71. The number of morpholine rings is 1. The van der Waals surface area contributed by atoms with Crippen LogP contribution in [0.4, 0.5) is 0 Å². The molecule has 100 valence electrons. The average Bonchev–Trinajstić information content (AvgIpc) is 2.28. The summed E-state index contributed by atoms with van der Waals surface area (Å²) in [5, 5.41) is 3.22. The molecule has 3 nitrogen and oxygen atoms in total. The fourth-order valence-electron chi connectivity index (χ4n) is 2.89. The summed E-state index contributed by atoms with van der Waals surface area (Å²) in [7, 11) is 2.00. The van der Waals surface area contributed by atoms with Crippen molar-refractivity contribution in [1.82, 2.24) is 10.2 Å². The Bertz CT molecular complexity index is 246. The van der Waals surface area contributed by atoms with Crippen LogP contribution in [-0.4, -0.2) is 61.8 Å². The highest BCUT2D eigenvalue weighted by molar-refractivity contribution is 7.99. The Balaban J connectivity index is 1.88. The van der Waals surface area contributed by atoms with Crippen molar-refractivity contribution in [2.45, 2.75) is 32.4 Å². The molecule has 2 aliphatic rings. The van der Waals surface area contributed by atoms with E-state index < -0.39 is 0 Å². The molecule has 4 heteroatoms. The normalized spacial score (nSPS) is 34.8. The third-order valence-corrected chi connectivity index (χ3v) is 5.32. The van der Waals surface area contributed by atoms with E-state index >= 15 is 0 Å². The van der Waals surface area contributed by atoms with Crippen LogP contribution in [0.25, 0.3) is 0 Å². The van der Waals surface area contributed by atoms with Gasteiger partial charge in [0.2, 0.25) is 0 Å². The SMILES string of the molecule is CNCC1CN(C2CSCC(C)(C)C2)CCO1. The van der Waals surface area contributed by atoms with E-state index in [4.69, 9.17) is 4.74 Å². The first-order valence-electron chi connectivity index (χ1n) is 6.69. The molecular weight excluding hydrogens is 232 g/mol. The predicted molar refractivity (Wildman–Crippen MR) is 74.8 cm³/mol. The molecule has 2 rings (SSSR count). The van der Waals surface area contributed by atoms with E-state index in [9.17, 15) is 0 Å². The summed E-state index contributed by atoms with van der Waals surface area (Å²) < 4.78 is 5.78. The van der Waals surface area contributed by atoms with Gasteiger partial charge in [0.1, 0.15) is 0 Å². The Morgan fingerprint density at radius 2 is 2.29 bits per heavy atom. The Morgan fingerprint density at radius 3 is 3.00 bits per heavy atom. The van der Waals surface area contributed by atoms with Gasteiger partial charge in [0, 0.05) is 31.4 Å².